The van der Waals surface area contributed by atoms with Gasteiger partial charge in [0.15, 0.2) is 5.13 Å². The van der Waals surface area contributed by atoms with Gasteiger partial charge in [-0.05, 0) is 61.9 Å². The monoisotopic (exact) mass is 518 g/mol. The second-order valence-corrected chi connectivity index (χ2v) is 9.76. The second-order valence-electron chi connectivity index (χ2n) is 8.75. The number of hydrogen-bond donors (Lipinski definition) is 1. The molecule has 1 saturated heterocycles. The summed E-state index contributed by atoms with van der Waals surface area (Å²) in [5, 5.41) is 11.6. The third-order valence-corrected chi connectivity index (χ3v) is 6.90. The number of anilines is 1. The van der Waals surface area contributed by atoms with Crippen molar-refractivity contribution < 1.29 is 28.6 Å². The number of halogens is 1. The van der Waals surface area contributed by atoms with Crippen LogP contribution in [-0.2, 0) is 9.59 Å². The molecular weight excluding hydrogens is 495 g/mol. The number of benzene rings is 3. The van der Waals surface area contributed by atoms with Gasteiger partial charge in [-0.2, -0.15) is 0 Å². The van der Waals surface area contributed by atoms with Crippen molar-refractivity contribution in [2.45, 2.75) is 26.0 Å². The fourth-order valence-electron chi connectivity index (χ4n) is 4.29. The molecule has 1 aliphatic rings. The van der Waals surface area contributed by atoms with Crippen LogP contribution in [0.4, 0.5) is 9.52 Å². The Bertz CT molecular complexity index is 1560. The first-order chi connectivity index (χ1) is 17.8. The zero-order valence-corrected chi connectivity index (χ0v) is 21.1. The molecule has 4 aromatic rings. The molecule has 37 heavy (non-hydrogen) atoms. The Hall–Kier alpha value is -4.24. The molecule has 0 spiro atoms. The molecule has 0 aliphatic carbocycles. The molecule has 2 heterocycles. The summed E-state index contributed by atoms with van der Waals surface area (Å²) in [6.07, 6.45) is -0.0939. The number of rotatable bonds is 6. The van der Waals surface area contributed by atoms with E-state index in [1.807, 2.05) is 13.8 Å². The number of ketones is 1. The highest BCUT2D eigenvalue weighted by molar-refractivity contribution is 7.22. The number of aliphatic hydroxyl groups is 1. The fraction of sp³-hybridized carbons (Fsp3) is 0.179. The van der Waals surface area contributed by atoms with Crippen LogP contribution < -0.4 is 14.4 Å². The van der Waals surface area contributed by atoms with Gasteiger partial charge in [0.2, 0.25) is 0 Å². The molecule has 1 amide bonds. The molecule has 0 bridgehead atoms. The third kappa shape index (κ3) is 4.53. The van der Waals surface area contributed by atoms with E-state index in [1.165, 1.54) is 30.2 Å². The number of hydrogen-bond acceptors (Lipinski definition) is 7. The van der Waals surface area contributed by atoms with Gasteiger partial charge in [0.1, 0.15) is 23.1 Å². The smallest absolute Gasteiger partial charge is 0.301 e. The summed E-state index contributed by atoms with van der Waals surface area (Å²) in [5.41, 5.74) is 1.27. The lowest BCUT2D eigenvalue weighted by Gasteiger charge is -2.23. The number of thiazole rings is 1. The van der Waals surface area contributed by atoms with Crippen molar-refractivity contribution >= 4 is 44.1 Å². The zero-order chi connectivity index (χ0) is 26.3. The minimum absolute atomic E-state index is 0.0922. The SMILES string of the molecule is COc1cccc(C2/C(=C(\O)c3cccc(OC(C)C)c3)C(=O)C(=O)N2c2nc3ccc(F)cc3s2)c1. The summed E-state index contributed by atoms with van der Waals surface area (Å²) in [6, 6.07) is 16.7. The van der Waals surface area contributed by atoms with Crippen molar-refractivity contribution in [3.8, 4) is 11.5 Å². The van der Waals surface area contributed by atoms with E-state index in [0.29, 0.717) is 32.8 Å². The van der Waals surface area contributed by atoms with E-state index in [2.05, 4.69) is 4.98 Å². The number of methoxy groups -OCH3 is 1. The Kier molecular flexibility index (Phi) is 6.39. The van der Waals surface area contributed by atoms with Gasteiger partial charge < -0.3 is 14.6 Å². The van der Waals surface area contributed by atoms with Gasteiger partial charge in [0, 0.05) is 5.56 Å². The fourth-order valence-corrected chi connectivity index (χ4v) is 5.31. The Balaban J connectivity index is 1.71. The van der Waals surface area contributed by atoms with E-state index in [1.54, 1.807) is 48.5 Å². The summed E-state index contributed by atoms with van der Waals surface area (Å²) in [4.78, 5) is 32.6. The Labute approximate surface area is 216 Å². The van der Waals surface area contributed by atoms with E-state index in [9.17, 15) is 19.1 Å². The van der Waals surface area contributed by atoms with Gasteiger partial charge in [0.25, 0.3) is 5.78 Å². The predicted octanol–water partition coefficient (Wildman–Crippen LogP) is 5.86. The highest BCUT2D eigenvalue weighted by atomic mass is 32.1. The molecule has 1 aromatic heterocycles. The maximum Gasteiger partial charge on any atom is 0.301 e. The van der Waals surface area contributed by atoms with Gasteiger partial charge in [-0.15, -0.1) is 0 Å². The molecule has 1 fully saturated rings. The molecule has 9 heteroatoms. The molecule has 1 aliphatic heterocycles. The van der Waals surface area contributed by atoms with E-state index in [0.717, 1.165) is 11.3 Å². The third-order valence-electron chi connectivity index (χ3n) is 5.88. The topological polar surface area (TPSA) is 89.0 Å². The molecule has 7 nitrogen and oxygen atoms in total. The first kappa shape index (κ1) is 24.5. The number of carbonyl (C=O) groups is 2. The van der Waals surface area contributed by atoms with Crippen LogP contribution in [0, 0.1) is 5.82 Å². The van der Waals surface area contributed by atoms with Gasteiger partial charge >= 0.3 is 5.91 Å². The van der Waals surface area contributed by atoms with Crippen molar-refractivity contribution in [2.75, 3.05) is 12.0 Å². The number of amides is 1. The van der Waals surface area contributed by atoms with Gasteiger partial charge in [-0.1, -0.05) is 35.6 Å². The van der Waals surface area contributed by atoms with E-state index >= 15 is 0 Å². The summed E-state index contributed by atoms with van der Waals surface area (Å²) in [7, 11) is 1.51. The van der Waals surface area contributed by atoms with Crippen LogP contribution in [0.1, 0.15) is 31.0 Å². The highest BCUT2D eigenvalue weighted by Crippen LogP contribution is 2.45. The quantitative estimate of drug-likeness (QED) is 0.195. The van der Waals surface area contributed by atoms with Crippen molar-refractivity contribution in [3.63, 3.8) is 0 Å². The van der Waals surface area contributed by atoms with Crippen LogP contribution in [0.2, 0.25) is 0 Å². The van der Waals surface area contributed by atoms with Crippen molar-refractivity contribution in [3.05, 3.63) is 89.2 Å². The number of aromatic nitrogens is 1. The highest BCUT2D eigenvalue weighted by Gasteiger charge is 2.48. The van der Waals surface area contributed by atoms with Crippen LogP contribution >= 0.6 is 11.3 Å². The van der Waals surface area contributed by atoms with E-state index < -0.39 is 23.5 Å². The number of nitrogens with zero attached hydrogens (tertiary/aromatic N) is 2. The summed E-state index contributed by atoms with van der Waals surface area (Å²) in [6.45, 7) is 3.76. The molecule has 5 rings (SSSR count). The van der Waals surface area contributed by atoms with Crippen molar-refractivity contribution in [2.24, 2.45) is 0 Å². The van der Waals surface area contributed by atoms with Crippen LogP contribution in [0.3, 0.4) is 0 Å². The summed E-state index contributed by atoms with van der Waals surface area (Å²) >= 11 is 1.09. The lowest BCUT2D eigenvalue weighted by Crippen LogP contribution is -2.29. The number of carbonyl (C=O) groups excluding carboxylic acids is 2. The summed E-state index contributed by atoms with van der Waals surface area (Å²) < 4.78 is 25.5. The van der Waals surface area contributed by atoms with Crippen molar-refractivity contribution in [1.82, 2.24) is 4.98 Å². The maximum atomic E-state index is 13.8. The van der Waals surface area contributed by atoms with Crippen LogP contribution in [0.15, 0.2) is 72.3 Å². The number of Topliss-reactive ketones (excluding diaryl/α,β-unsaturated/α-hetero) is 1. The first-order valence-electron chi connectivity index (χ1n) is 11.5. The molecule has 3 aromatic carbocycles. The van der Waals surface area contributed by atoms with Crippen LogP contribution in [-0.4, -0.2) is 35.0 Å². The van der Waals surface area contributed by atoms with E-state index in [-0.39, 0.29) is 22.6 Å². The standard InChI is InChI=1S/C28H23FN2O5S/c1-15(2)36-20-9-5-7-17(13-20)25(32)23-24(16-6-4-8-19(12-16)35-3)31(27(34)26(23)33)28-30-21-11-10-18(29)14-22(21)37-28/h4-15,24,32H,1-3H3/b25-23+. The number of aliphatic hydroxyl groups excluding tert-OH is 1. The van der Waals surface area contributed by atoms with Gasteiger partial charge in [-0.25, -0.2) is 9.37 Å². The van der Waals surface area contributed by atoms with E-state index in [4.69, 9.17) is 9.47 Å². The number of ether oxygens (including phenoxy) is 2. The molecular formula is C28H23FN2O5S. The minimum Gasteiger partial charge on any atom is -0.507 e. The molecule has 0 saturated carbocycles. The van der Waals surface area contributed by atoms with Crippen LogP contribution in [0.5, 0.6) is 11.5 Å². The molecule has 1 unspecified atom stereocenters. The molecule has 1 atom stereocenters. The first-order valence-corrected chi connectivity index (χ1v) is 12.4. The lowest BCUT2D eigenvalue weighted by atomic mass is 9.95. The normalized spacial score (nSPS) is 17.1. The van der Waals surface area contributed by atoms with Crippen molar-refractivity contribution in [1.29, 1.82) is 0 Å². The Morgan fingerprint density at radius 3 is 2.57 bits per heavy atom. The average molecular weight is 519 g/mol. The maximum absolute atomic E-state index is 13.8. The molecule has 0 radical (unpaired) electrons. The van der Waals surface area contributed by atoms with Gasteiger partial charge in [0.05, 0.1) is 35.0 Å². The van der Waals surface area contributed by atoms with Crippen LogP contribution in [0.25, 0.3) is 16.0 Å². The Morgan fingerprint density at radius 2 is 1.81 bits per heavy atom. The number of fused-ring (bicyclic) bond motifs is 1. The second kappa shape index (κ2) is 9.67. The minimum atomic E-state index is -0.991. The molecule has 188 valence electrons. The molecule has 1 N–H and O–H groups in total. The summed E-state index contributed by atoms with van der Waals surface area (Å²) in [5.74, 6) is -1.44. The predicted molar refractivity (Wildman–Crippen MR) is 140 cm³/mol. The Morgan fingerprint density at radius 1 is 1.05 bits per heavy atom. The average Bonchev–Trinajstić information content (AvgIpc) is 3.41. The largest absolute Gasteiger partial charge is 0.507 e. The zero-order valence-electron chi connectivity index (χ0n) is 20.3. The lowest BCUT2D eigenvalue weighted by molar-refractivity contribution is -0.132. The van der Waals surface area contributed by atoms with Gasteiger partial charge in [-0.3, -0.25) is 14.5 Å².